The van der Waals surface area contributed by atoms with Crippen molar-refractivity contribution in [1.29, 1.82) is 0 Å². The van der Waals surface area contributed by atoms with Crippen LogP contribution in [0.3, 0.4) is 0 Å². The molecule has 2 aliphatic rings. The predicted octanol–water partition coefficient (Wildman–Crippen LogP) is 2.56. The van der Waals surface area contributed by atoms with E-state index in [-0.39, 0.29) is 28.8 Å². The van der Waals surface area contributed by atoms with Crippen molar-refractivity contribution in [2.45, 2.75) is 50.3 Å². The number of H-pyrrole nitrogens is 1. The highest BCUT2D eigenvalue weighted by Crippen LogP contribution is 2.26. The third kappa shape index (κ3) is 6.45. The number of benzene rings is 1. The van der Waals surface area contributed by atoms with Gasteiger partial charge in [0.1, 0.15) is 11.1 Å². The molecule has 192 valence electrons. The average molecular weight is 519 g/mol. The van der Waals surface area contributed by atoms with Crippen LogP contribution in [0.25, 0.3) is 0 Å². The maximum atomic E-state index is 12.4. The van der Waals surface area contributed by atoms with Crippen molar-refractivity contribution in [3.8, 4) is 0 Å². The number of hydrogen-bond donors (Lipinski definition) is 5. The van der Waals surface area contributed by atoms with Crippen LogP contribution in [-0.2, 0) is 4.74 Å². The number of aromatic carboxylic acids is 1. The Kier molecular flexibility index (Phi) is 7.93. The van der Waals surface area contributed by atoms with E-state index in [1.54, 1.807) is 12.1 Å². The van der Waals surface area contributed by atoms with E-state index < -0.39 is 23.7 Å². The molecule has 12 nitrogen and oxygen atoms in total. The number of carbonyl (C=O) groups excluding carboxylic acids is 2. The van der Waals surface area contributed by atoms with Crippen LogP contribution in [0.4, 0.5) is 21.0 Å². The Morgan fingerprint density at radius 2 is 1.83 bits per heavy atom. The third-order valence-electron chi connectivity index (χ3n) is 6.29. The second kappa shape index (κ2) is 11.3. The van der Waals surface area contributed by atoms with Crippen LogP contribution in [0.1, 0.15) is 42.5 Å². The maximum absolute atomic E-state index is 12.4. The van der Waals surface area contributed by atoms with Gasteiger partial charge < -0.3 is 30.7 Å². The number of carboxylic acids is 1. The highest BCUT2D eigenvalue weighted by molar-refractivity contribution is 6.33. The molecule has 1 aromatic heterocycles. The van der Waals surface area contributed by atoms with Crippen LogP contribution in [0.5, 0.6) is 0 Å². The number of halogens is 1. The predicted molar refractivity (Wildman–Crippen MR) is 132 cm³/mol. The largest absolute Gasteiger partial charge is 0.478 e. The second-order valence-corrected chi connectivity index (χ2v) is 9.22. The molecule has 2 heterocycles. The third-order valence-corrected chi connectivity index (χ3v) is 6.65. The Hall–Kier alpha value is -3.80. The fourth-order valence-electron chi connectivity index (χ4n) is 4.45. The molecule has 4 rings (SSSR count). The number of urea groups is 1. The Morgan fingerprint density at radius 3 is 2.56 bits per heavy atom. The number of hydrogen-bond acceptors (Lipinski definition) is 7. The lowest BCUT2D eigenvalue weighted by Gasteiger charge is -2.29. The lowest BCUT2D eigenvalue weighted by atomic mass is 9.91. The van der Waals surface area contributed by atoms with Crippen molar-refractivity contribution < 1.29 is 24.2 Å². The molecule has 0 unspecified atom stereocenters. The van der Waals surface area contributed by atoms with Crippen LogP contribution in [0, 0.1) is 0 Å². The van der Waals surface area contributed by atoms with Crippen molar-refractivity contribution in [3.05, 3.63) is 51.4 Å². The molecule has 1 saturated heterocycles. The Labute approximate surface area is 211 Å². The van der Waals surface area contributed by atoms with E-state index in [1.807, 2.05) is 4.90 Å². The molecule has 1 aromatic carbocycles. The molecular formula is C23H27ClN6O6. The highest BCUT2D eigenvalue weighted by atomic mass is 35.5. The molecule has 0 radical (unpaired) electrons. The number of nitrogens with one attached hydrogen (secondary N) is 4. The Balaban J connectivity index is 1.17. The van der Waals surface area contributed by atoms with Gasteiger partial charge in [0.25, 0.3) is 5.56 Å². The molecule has 0 bridgehead atoms. The fraction of sp³-hybridized carbons (Fsp3) is 0.435. The highest BCUT2D eigenvalue weighted by Gasteiger charge is 2.29. The van der Waals surface area contributed by atoms with Crippen LogP contribution >= 0.6 is 11.6 Å². The summed E-state index contributed by atoms with van der Waals surface area (Å²) in [6.07, 6.45) is 3.98. The smallest absolute Gasteiger partial charge is 0.407 e. The number of aromatic nitrogens is 2. The summed E-state index contributed by atoms with van der Waals surface area (Å²) in [6.45, 7) is 1.00. The van der Waals surface area contributed by atoms with Crippen molar-refractivity contribution in [2.24, 2.45) is 0 Å². The minimum Gasteiger partial charge on any atom is -0.478 e. The first-order valence-corrected chi connectivity index (χ1v) is 12.0. The van der Waals surface area contributed by atoms with E-state index in [9.17, 15) is 19.2 Å². The number of nitrogens with zero attached hydrogens (tertiary/aromatic N) is 2. The molecule has 0 spiro atoms. The summed E-state index contributed by atoms with van der Waals surface area (Å²) in [5, 5.41) is 23.6. The van der Waals surface area contributed by atoms with Gasteiger partial charge in [0.2, 0.25) is 0 Å². The van der Waals surface area contributed by atoms with Gasteiger partial charge in [-0.05, 0) is 43.9 Å². The maximum Gasteiger partial charge on any atom is 0.407 e. The average Bonchev–Trinajstić information content (AvgIpc) is 3.30. The number of carboxylic acid groups (broad SMARTS) is 1. The SMILES string of the molecule is O=C(Nc1cccc(C(=O)O)c1)N[C@H]1CC[C@H](NC(=O)O[C@@H]2CCN(c3cn[nH]c(=O)c3Cl)C2)CC1. The summed E-state index contributed by atoms with van der Waals surface area (Å²) in [6, 6.07) is 5.50. The van der Waals surface area contributed by atoms with Crippen LogP contribution < -0.4 is 26.4 Å². The summed E-state index contributed by atoms with van der Waals surface area (Å²) in [4.78, 5) is 49.3. The molecule has 3 amide bonds. The van der Waals surface area contributed by atoms with Crippen LogP contribution in [0.2, 0.25) is 5.02 Å². The number of aromatic amines is 1. The molecule has 13 heteroatoms. The number of rotatable bonds is 6. The van der Waals surface area contributed by atoms with Gasteiger partial charge in [-0.2, -0.15) is 5.10 Å². The van der Waals surface area contributed by atoms with Gasteiger partial charge in [-0.25, -0.2) is 19.5 Å². The molecule has 1 aliphatic heterocycles. The molecule has 5 N–H and O–H groups in total. The van der Waals surface area contributed by atoms with E-state index in [2.05, 4.69) is 26.1 Å². The van der Waals surface area contributed by atoms with E-state index in [0.29, 0.717) is 56.6 Å². The van der Waals surface area contributed by atoms with Gasteiger partial charge in [-0.15, -0.1) is 0 Å². The number of ether oxygens (including phenoxy) is 1. The van der Waals surface area contributed by atoms with Gasteiger partial charge in [0.15, 0.2) is 0 Å². The van der Waals surface area contributed by atoms with E-state index in [4.69, 9.17) is 21.4 Å². The van der Waals surface area contributed by atoms with E-state index >= 15 is 0 Å². The van der Waals surface area contributed by atoms with Crippen LogP contribution in [0.15, 0.2) is 35.3 Å². The minimum absolute atomic E-state index is 0.0579. The van der Waals surface area contributed by atoms with Crippen molar-refractivity contribution >= 4 is 41.1 Å². The number of amides is 3. The molecule has 1 atom stereocenters. The van der Waals surface area contributed by atoms with Crippen molar-refractivity contribution in [3.63, 3.8) is 0 Å². The van der Waals surface area contributed by atoms with Crippen LogP contribution in [-0.4, -0.2) is 64.7 Å². The molecule has 2 fully saturated rings. The lowest BCUT2D eigenvalue weighted by Crippen LogP contribution is -2.45. The second-order valence-electron chi connectivity index (χ2n) is 8.84. The summed E-state index contributed by atoms with van der Waals surface area (Å²) < 4.78 is 5.56. The molecular weight excluding hydrogens is 492 g/mol. The molecule has 2 aromatic rings. The van der Waals surface area contributed by atoms with Gasteiger partial charge >= 0.3 is 18.1 Å². The summed E-state index contributed by atoms with van der Waals surface area (Å²) in [5.41, 5.74) is 0.531. The topological polar surface area (TPSA) is 166 Å². The van der Waals surface area contributed by atoms with E-state index in [0.717, 1.165) is 0 Å². The summed E-state index contributed by atoms with van der Waals surface area (Å²) in [7, 11) is 0. The quantitative estimate of drug-likeness (QED) is 0.389. The first kappa shape index (κ1) is 25.3. The normalized spacial score (nSPS) is 21.5. The van der Waals surface area contributed by atoms with Crippen molar-refractivity contribution in [2.75, 3.05) is 23.3 Å². The summed E-state index contributed by atoms with van der Waals surface area (Å²) >= 11 is 6.06. The van der Waals surface area contributed by atoms with Gasteiger partial charge in [0, 0.05) is 30.7 Å². The zero-order valence-electron chi connectivity index (χ0n) is 19.3. The molecule has 1 saturated carbocycles. The Morgan fingerprint density at radius 1 is 1.11 bits per heavy atom. The minimum atomic E-state index is -1.07. The number of alkyl carbamates (subject to hydrolysis) is 1. The van der Waals surface area contributed by atoms with Gasteiger partial charge in [0.05, 0.1) is 24.0 Å². The zero-order chi connectivity index (χ0) is 25.7. The monoisotopic (exact) mass is 518 g/mol. The van der Waals surface area contributed by atoms with Gasteiger partial charge in [-0.1, -0.05) is 17.7 Å². The molecule has 1 aliphatic carbocycles. The fourth-order valence-corrected chi connectivity index (χ4v) is 4.67. The Bertz CT molecular complexity index is 1180. The number of anilines is 2. The van der Waals surface area contributed by atoms with Gasteiger partial charge in [-0.3, -0.25) is 4.79 Å². The van der Waals surface area contributed by atoms with Crippen molar-refractivity contribution in [1.82, 2.24) is 20.8 Å². The summed E-state index contributed by atoms with van der Waals surface area (Å²) in [5.74, 6) is -1.07. The molecule has 36 heavy (non-hydrogen) atoms. The zero-order valence-corrected chi connectivity index (χ0v) is 20.1. The first-order chi connectivity index (χ1) is 17.3. The lowest BCUT2D eigenvalue weighted by molar-refractivity contribution is 0.0696. The standard InChI is InChI=1S/C23H27ClN6O6/c24-19-18(11-25-29-20(19)31)30-9-8-17(12-30)36-23(35)28-15-6-4-14(5-7-15)26-22(34)27-16-3-1-2-13(10-16)21(32)33/h1-3,10-11,14-15,17H,4-9,12H2,(H,28,35)(H,29,31)(H,32,33)(H2,26,27,34)/t14-,15-,17-/m1/s1. The van der Waals surface area contributed by atoms with E-state index in [1.165, 1.54) is 18.3 Å². The first-order valence-electron chi connectivity index (χ1n) is 11.6. The number of carbonyl (C=O) groups is 3.